The largest absolute Gasteiger partial charge is 0.462 e. The number of hydrogen-bond acceptors (Lipinski definition) is 8. The summed E-state index contributed by atoms with van der Waals surface area (Å²) in [5.41, 5.74) is 0.188. The Labute approximate surface area is 158 Å². The number of aliphatic hydroxyl groups excluding tert-OH is 1. The highest BCUT2D eigenvalue weighted by Crippen LogP contribution is 2.32. The molecule has 1 N–H and O–H groups in total. The number of carbonyl (C=O) groups excluding carboxylic acids is 4. The van der Waals surface area contributed by atoms with Gasteiger partial charge in [-0.3, -0.25) is 14.4 Å². The number of rotatable bonds is 7. The highest BCUT2D eigenvalue weighted by Gasteiger charge is 2.44. The highest BCUT2D eigenvalue weighted by molar-refractivity contribution is 6.02. The van der Waals surface area contributed by atoms with Gasteiger partial charge < -0.3 is 19.3 Å². The van der Waals surface area contributed by atoms with Crippen molar-refractivity contribution in [3.05, 3.63) is 23.3 Å². The summed E-state index contributed by atoms with van der Waals surface area (Å²) in [5, 5.41) is 9.44. The Morgan fingerprint density at radius 2 is 1.78 bits per heavy atom. The van der Waals surface area contributed by atoms with Gasteiger partial charge in [0.15, 0.2) is 6.10 Å². The third kappa shape index (κ3) is 6.32. The van der Waals surface area contributed by atoms with Crippen molar-refractivity contribution >= 4 is 23.7 Å². The number of hydrogen-bond donors (Lipinski definition) is 1. The summed E-state index contributed by atoms with van der Waals surface area (Å²) in [6.07, 6.45) is 0.771. The van der Waals surface area contributed by atoms with E-state index in [1.165, 1.54) is 32.9 Å². The number of carbonyl (C=O) groups is 4. The molecule has 0 heterocycles. The SMILES string of the molecule is CC(=O)OCC=C(C)C(=O)OC1C(=O)C(CO)=CC(OC(C)=O)C1C(C)C. The molecule has 1 rings (SSSR count). The van der Waals surface area contributed by atoms with Gasteiger partial charge in [-0.05, 0) is 25.0 Å². The van der Waals surface area contributed by atoms with Crippen LogP contribution in [-0.2, 0) is 33.4 Å². The van der Waals surface area contributed by atoms with Gasteiger partial charge in [0.25, 0.3) is 0 Å². The van der Waals surface area contributed by atoms with E-state index in [4.69, 9.17) is 14.2 Å². The monoisotopic (exact) mass is 382 g/mol. The maximum absolute atomic E-state index is 12.6. The molecule has 0 amide bonds. The minimum atomic E-state index is -1.20. The van der Waals surface area contributed by atoms with Gasteiger partial charge in [-0.25, -0.2) is 4.79 Å². The maximum atomic E-state index is 12.6. The Kier molecular flexibility index (Phi) is 8.36. The van der Waals surface area contributed by atoms with Crippen LogP contribution >= 0.6 is 0 Å². The molecule has 3 unspecified atom stereocenters. The summed E-state index contributed by atoms with van der Waals surface area (Å²) in [7, 11) is 0. The first-order valence-electron chi connectivity index (χ1n) is 8.62. The molecule has 8 nitrogen and oxygen atoms in total. The van der Waals surface area contributed by atoms with Crippen LogP contribution in [0.2, 0.25) is 0 Å². The third-order valence-corrected chi connectivity index (χ3v) is 4.14. The molecule has 0 saturated heterocycles. The minimum Gasteiger partial charge on any atom is -0.462 e. The zero-order valence-corrected chi connectivity index (χ0v) is 16.2. The zero-order chi connectivity index (χ0) is 20.7. The van der Waals surface area contributed by atoms with E-state index in [-0.39, 0.29) is 23.7 Å². The maximum Gasteiger partial charge on any atom is 0.334 e. The van der Waals surface area contributed by atoms with Gasteiger partial charge in [-0.1, -0.05) is 13.8 Å². The van der Waals surface area contributed by atoms with E-state index >= 15 is 0 Å². The first kappa shape index (κ1) is 22.6. The van der Waals surface area contributed by atoms with Gasteiger partial charge in [0.1, 0.15) is 12.7 Å². The molecule has 0 saturated carbocycles. The van der Waals surface area contributed by atoms with Crippen LogP contribution < -0.4 is 0 Å². The average molecular weight is 382 g/mol. The van der Waals surface area contributed by atoms with Gasteiger partial charge >= 0.3 is 17.9 Å². The Hall–Kier alpha value is -2.48. The van der Waals surface area contributed by atoms with Crippen molar-refractivity contribution < 1.29 is 38.5 Å². The van der Waals surface area contributed by atoms with Crippen molar-refractivity contribution in [2.75, 3.05) is 13.2 Å². The van der Waals surface area contributed by atoms with Crippen molar-refractivity contribution in [3.63, 3.8) is 0 Å². The second kappa shape index (κ2) is 10.0. The fourth-order valence-electron chi connectivity index (χ4n) is 2.79. The summed E-state index contributed by atoms with van der Waals surface area (Å²) in [6.45, 7) is 6.93. The van der Waals surface area contributed by atoms with E-state index in [9.17, 15) is 24.3 Å². The molecule has 0 bridgehead atoms. The quantitative estimate of drug-likeness (QED) is 0.395. The van der Waals surface area contributed by atoms with Gasteiger partial charge in [-0.15, -0.1) is 0 Å². The van der Waals surface area contributed by atoms with E-state index in [0.717, 1.165) is 0 Å². The van der Waals surface area contributed by atoms with Gasteiger partial charge in [0, 0.05) is 30.9 Å². The molecule has 0 aromatic heterocycles. The second-order valence-electron chi connectivity index (χ2n) is 6.63. The summed E-state index contributed by atoms with van der Waals surface area (Å²) in [5.74, 6) is -3.07. The van der Waals surface area contributed by atoms with Gasteiger partial charge in [-0.2, -0.15) is 0 Å². The Morgan fingerprint density at radius 1 is 1.15 bits per heavy atom. The zero-order valence-electron chi connectivity index (χ0n) is 16.2. The lowest BCUT2D eigenvalue weighted by Crippen LogP contribution is -2.48. The fourth-order valence-corrected chi connectivity index (χ4v) is 2.79. The van der Waals surface area contributed by atoms with Crippen molar-refractivity contribution in [1.29, 1.82) is 0 Å². The fraction of sp³-hybridized carbons (Fsp3) is 0.579. The smallest absolute Gasteiger partial charge is 0.334 e. The molecule has 0 aliphatic heterocycles. The number of Topliss-reactive ketones (excluding diaryl/α,β-unsaturated/α-hetero) is 1. The molecule has 1 aliphatic carbocycles. The van der Waals surface area contributed by atoms with E-state index in [1.54, 1.807) is 0 Å². The van der Waals surface area contributed by atoms with Crippen molar-refractivity contribution in [1.82, 2.24) is 0 Å². The molecular formula is C19H26O8. The lowest BCUT2D eigenvalue weighted by atomic mass is 9.77. The summed E-state index contributed by atoms with van der Waals surface area (Å²) >= 11 is 0. The van der Waals surface area contributed by atoms with Crippen molar-refractivity contribution in [2.24, 2.45) is 11.8 Å². The molecule has 3 atom stereocenters. The molecule has 0 spiro atoms. The van der Waals surface area contributed by atoms with E-state index in [1.807, 2.05) is 13.8 Å². The number of ketones is 1. The van der Waals surface area contributed by atoms with E-state index in [2.05, 4.69) is 0 Å². The molecule has 8 heteroatoms. The Morgan fingerprint density at radius 3 is 2.26 bits per heavy atom. The normalized spacial score (nSPS) is 22.9. The molecule has 1 aliphatic rings. The number of esters is 3. The third-order valence-electron chi connectivity index (χ3n) is 4.14. The molecular weight excluding hydrogens is 356 g/mol. The predicted molar refractivity (Wildman–Crippen MR) is 94.3 cm³/mol. The van der Waals surface area contributed by atoms with E-state index < -0.39 is 48.4 Å². The Bertz CT molecular complexity index is 659. The van der Waals surface area contributed by atoms with Gasteiger partial charge in [0.05, 0.1) is 6.61 Å². The molecule has 0 radical (unpaired) electrons. The molecule has 0 fully saturated rings. The molecule has 27 heavy (non-hydrogen) atoms. The first-order valence-corrected chi connectivity index (χ1v) is 8.62. The second-order valence-corrected chi connectivity index (χ2v) is 6.63. The summed E-state index contributed by atoms with van der Waals surface area (Å²) in [6, 6.07) is 0. The standard InChI is InChI=1S/C19H26O8/c1-10(2)16-15(26-13(5)22)8-14(9-20)17(23)18(16)27-19(24)11(3)6-7-25-12(4)21/h6,8,10,15-16,18,20H,7,9H2,1-5H3. The molecule has 0 aromatic carbocycles. The van der Waals surface area contributed by atoms with Crippen LogP contribution in [0.4, 0.5) is 0 Å². The molecule has 0 aromatic rings. The summed E-state index contributed by atoms with van der Waals surface area (Å²) in [4.78, 5) is 47.2. The van der Waals surface area contributed by atoms with Crippen LogP contribution in [0, 0.1) is 11.8 Å². The van der Waals surface area contributed by atoms with Crippen LogP contribution in [0.1, 0.15) is 34.6 Å². The van der Waals surface area contributed by atoms with Crippen molar-refractivity contribution in [3.8, 4) is 0 Å². The van der Waals surface area contributed by atoms with E-state index in [0.29, 0.717) is 0 Å². The van der Waals surface area contributed by atoms with Gasteiger partial charge in [0.2, 0.25) is 5.78 Å². The number of aliphatic hydroxyl groups is 1. The topological polar surface area (TPSA) is 116 Å². The number of ether oxygens (including phenoxy) is 3. The van der Waals surface area contributed by atoms with Crippen LogP contribution in [0.5, 0.6) is 0 Å². The highest BCUT2D eigenvalue weighted by atomic mass is 16.6. The van der Waals surface area contributed by atoms with Crippen LogP contribution in [0.25, 0.3) is 0 Å². The predicted octanol–water partition coefficient (Wildman–Crippen LogP) is 1.11. The van der Waals surface area contributed by atoms with Crippen LogP contribution in [0.3, 0.4) is 0 Å². The first-order chi connectivity index (χ1) is 12.6. The lowest BCUT2D eigenvalue weighted by Gasteiger charge is -2.37. The van der Waals surface area contributed by atoms with Crippen LogP contribution in [0.15, 0.2) is 23.3 Å². The average Bonchev–Trinajstić information content (AvgIpc) is 2.55. The minimum absolute atomic E-state index is 0.0255. The lowest BCUT2D eigenvalue weighted by molar-refractivity contribution is -0.164. The van der Waals surface area contributed by atoms with Crippen molar-refractivity contribution in [2.45, 2.75) is 46.8 Å². The Balaban J connectivity index is 3.08. The summed E-state index contributed by atoms with van der Waals surface area (Å²) < 4.78 is 15.4. The van der Waals surface area contributed by atoms with Crippen LogP contribution in [-0.4, -0.2) is 54.2 Å². The molecule has 150 valence electrons.